The number of amides is 2. The highest BCUT2D eigenvalue weighted by Gasteiger charge is 2.46. The Bertz CT molecular complexity index is 519. The molecule has 0 radical (unpaired) electrons. The van der Waals surface area contributed by atoms with Crippen LogP contribution in [0.4, 0.5) is 5.69 Å². The van der Waals surface area contributed by atoms with Gasteiger partial charge in [-0.25, -0.2) is 4.90 Å². The van der Waals surface area contributed by atoms with E-state index < -0.39 is 0 Å². The standard InChI is InChI=1S/C14H14INO2/c1-8-2-5-11(15)7-12(8)16-13(17)9-3-4-10(6-9)14(16)18/h2,5,7,9-10H,3-4,6H2,1H3. The SMILES string of the molecule is Cc1ccc(I)cc1N1C(=O)C2CCC(C2)C1=O. The number of piperidine rings is 1. The maximum Gasteiger partial charge on any atom is 0.236 e. The molecule has 2 amide bonds. The Balaban J connectivity index is 2.07. The zero-order valence-corrected chi connectivity index (χ0v) is 12.3. The second-order valence-corrected chi connectivity index (χ2v) is 6.40. The summed E-state index contributed by atoms with van der Waals surface area (Å²) in [6.45, 7) is 1.95. The lowest BCUT2D eigenvalue weighted by atomic mass is 9.96. The Kier molecular flexibility index (Phi) is 2.92. The van der Waals surface area contributed by atoms with Crippen LogP contribution in [-0.4, -0.2) is 11.8 Å². The zero-order valence-electron chi connectivity index (χ0n) is 10.1. The van der Waals surface area contributed by atoms with Crippen molar-refractivity contribution in [3.63, 3.8) is 0 Å². The van der Waals surface area contributed by atoms with Gasteiger partial charge in [0.25, 0.3) is 0 Å². The minimum atomic E-state index is -0.00106. The molecule has 94 valence electrons. The molecule has 0 aromatic heterocycles. The number of anilines is 1. The van der Waals surface area contributed by atoms with Gasteiger partial charge in [-0.1, -0.05) is 6.07 Å². The molecule has 0 spiro atoms. The maximum absolute atomic E-state index is 12.4. The molecular formula is C14H14INO2. The molecule has 2 fully saturated rings. The van der Waals surface area contributed by atoms with Crippen molar-refractivity contribution in [2.75, 3.05) is 4.90 Å². The smallest absolute Gasteiger partial charge is 0.236 e. The number of hydrogen-bond acceptors (Lipinski definition) is 2. The van der Waals surface area contributed by atoms with Crippen LogP contribution in [0.3, 0.4) is 0 Å². The van der Waals surface area contributed by atoms with Gasteiger partial charge in [-0.15, -0.1) is 0 Å². The molecule has 1 saturated heterocycles. The summed E-state index contributed by atoms with van der Waals surface area (Å²) in [5.74, 6) is 0.118. The number of aryl methyl sites for hydroxylation is 1. The highest BCUT2D eigenvalue weighted by molar-refractivity contribution is 14.1. The predicted octanol–water partition coefficient (Wildman–Crippen LogP) is 2.89. The van der Waals surface area contributed by atoms with Crippen LogP contribution in [0.5, 0.6) is 0 Å². The van der Waals surface area contributed by atoms with Gasteiger partial charge >= 0.3 is 0 Å². The van der Waals surface area contributed by atoms with E-state index in [1.165, 1.54) is 4.90 Å². The van der Waals surface area contributed by atoms with Gasteiger partial charge in [0.05, 0.1) is 5.69 Å². The fourth-order valence-corrected chi connectivity index (χ4v) is 3.44. The molecule has 2 aliphatic rings. The largest absolute Gasteiger partial charge is 0.274 e. The van der Waals surface area contributed by atoms with E-state index in [9.17, 15) is 9.59 Å². The van der Waals surface area contributed by atoms with Crippen LogP contribution in [0.15, 0.2) is 18.2 Å². The summed E-state index contributed by atoms with van der Waals surface area (Å²) < 4.78 is 1.05. The van der Waals surface area contributed by atoms with E-state index in [4.69, 9.17) is 0 Å². The van der Waals surface area contributed by atoms with Crippen molar-refractivity contribution in [1.29, 1.82) is 0 Å². The van der Waals surface area contributed by atoms with Crippen LogP contribution in [0.2, 0.25) is 0 Å². The molecule has 1 heterocycles. The second-order valence-electron chi connectivity index (χ2n) is 5.15. The third-order valence-corrected chi connectivity index (χ3v) is 4.65. The van der Waals surface area contributed by atoms with Crippen molar-refractivity contribution in [1.82, 2.24) is 0 Å². The maximum atomic E-state index is 12.4. The predicted molar refractivity (Wildman–Crippen MR) is 77.2 cm³/mol. The second kappa shape index (κ2) is 4.33. The average molecular weight is 355 g/mol. The summed E-state index contributed by atoms with van der Waals surface area (Å²) in [6, 6.07) is 5.89. The molecule has 1 saturated carbocycles. The molecule has 2 atom stereocenters. The number of fused-ring (bicyclic) bond motifs is 2. The number of carbonyl (C=O) groups excluding carboxylic acids is 2. The fraction of sp³-hybridized carbons (Fsp3) is 0.429. The van der Waals surface area contributed by atoms with E-state index in [0.717, 1.165) is 34.1 Å². The Morgan fingerprint density at radius 3 is 2.39 bits per heavy atom. The number of carbonyl (C=O) groups is 2. The van der Waals surface area contributed by atoms with E-state index in [-0.39, 0.29) is 23.7 Å². The van der Waals surface area contributed by atoms with Crippen LogP contribution in [-0.2, 0) is 9.59 Å². The summed E-state index contributed by atoms with van der Waals surface area (Å²) in [4.78, 5) is 26.2. The van der Waals surface area contributed by atoms with Gasteiger partial charge < -0.3 is 0 Å². The summed E-state index contributed by atoms with van der Waals surface area (Å²) in [5.41, 5.74) is 1.76. The average Bonchev–Trinajstić information content (AvgIpc) is 2.78. The van der Waals surface area contributed by atoms with Crippen molar-refractivity contribution < 1.29 is 9.59 Å². The fourth-order valence-electron chi connectivity index (χ4n) is 2.96. The molecule has 4 heteroatoms. The molecule has 1 aromatic carbocycles. The first-order chi connectivity index (χ1) is 8.58. The molecule has 1 aliphatic carbocycles. The van der Waals surface area contributed by atoms with Crippen LogP contribution in [0.1, 0.15) is 24.8 Å². The first kappa shape index (κ1) is 12.1. The van der Waals surface area contributed by atoms with Crippen LogP contribution < -0.4 is 4.90 Å². The number of hydrogen-bond donors (Lipinski definition) is 0. The van der Waals surface area contributed by atoms with E-state index in [1.54, 1.807) is 0 Å². The molecule has 3 rings (SSSR count). The van der Waals surface area contributed by atoms with Crippen molar-refractivity contribution in [2.24, 2.45) is 11.8 Å². The van der Waals surface area contributed by atoms with Crippen molar-refractivity contribution in [3.05, 3.63) is 27.3 Å². The topological polar surface area (TPSA) is 37.4 Å². The summed E-state index contributed by atoms with van der Waals surface area (Å²) in [6.07, 6.45) is 2.50. The highest BCUT2D eigenvalue weighted by atomic mass is 127. The van der Waals surface area contributed by atoms with E-state index in [1.807, 2.05) is 25.1 Å². The monoisotopic (exact) mass is 355 g/mol. The van der Waals surface area contributed by atoms with E-state index >= 15 is 0 Å². The van der Waals surface area contributed by atoms with Gasteiger partial charge in [-0.3, -0.25) is 9.59 Å². The normalized spacial score (nSPS) is 26.9. The highest BCUT2D eigenvalue weighted by Crippen LogP contribution is 2.40. The molecule has 3 nitrogen and oxygen atoms in total. The zero-order chi connectivity index (χ0) is 12.9. The summed E-state index contributed by atoms with van der Waals surface area (Å²) in [5, 5.41) is 0. The first-order valence-corrected chi connectivity index (χ1v) is 7.30. The lowest BCUT2D eigenvalue weighted by Crippen LogP contribution is -2.46. The lowest BCUT2D eigenvalue weighted by Gasteiger charge is -2.30. The molecule has 0 N–H and O–H groups in total. The minimum Gasteiger partial charge on any atom is -0.274 e. The number of benzene rings is 1. The summed E-state index contributed by atoms with van der Waals surface area (Å²) >= 11 is 2.21. The number of rotatable bonds is 1. The van der Waals surface area contributed by atoms with Crippen molar-refractivity contribution in [2.45, 2.75) is 26.2 Å². The van der Waals surface area contributed by atoms with Gasteiger partial charge in [0.1, 0.15) is 0 Å². The van der Waals surface area contributed by atoms with E-state index in [0.29, 0.717) is 0 Å². The van der Waals surface area contributed by atoms with Gasteiger partial charge in [0.15, 0.2) is 0 Å². The number of imide groups is 1. The first-order valence-electron chi connectivity index (χ1n) is 6.22. The summed E-state index contributed by atoms with van der Waals surface area (Å²) in [7, 11) is 0. The number of halogens is 1. The lowest BCUT2D eigenvalue weighted by molar-refractivity contribution is -0.133. The third-order valence-electron chi connectivity index (χ3n) is 3.98. The Labute approximate surface area is 120 Å². The molecular weight excluding hydrogens is 341 g/mol. The van der Waals surface area contributed by atoms with Gasteiger partial charge in [0.2, 0.25) is 11.8 Å². The number of nitrogens with zero attached hydrogens (tertiary/aromatic N) is 1. The third kappa shape index (κ3) is 1.77. The van der Waals surface area contributed by atoms with Crippen LogP contribution >= 0.6 is 22.6 Å². The molecule has 1 aliphatic heterocycles. The van der Waals surface area contributed by atoms with Gasteiger partial charge in [-0.2, -0.15) is 0 Å². The molecule has 2 unspecified atom stereocenters. The van der Waals surface area contributed by atoms with Crippen molar-refractivity contribution in [3.8, 4) is 0 Å². The van der Waals surface area contributed by atoms with Crippen LogP contribution in [0, 0.1) is 22.3 Å². The Morgan fingerprint density at radius 1 is 1.17 bits per heavy atom. The molecule has 2 bridgehead atoms. The Hall–Kier alpha value is -0.910. The molecule has 1 aromatic rings. The van der Waals surface area contributed by atoms with E-state index in [2.05, 4.69) is 22.6 Å². The van der Waals surface area contributed by atoms with Gasteiger partial charge in [-0.05, 0) is 66.5 Å². The van der Waals surface area contributed by atoms with Gasteiger partial charge in [0, 0.05) is 15.4 Å². The molecule has 18 heavy (non-hydrogen) atoms. The Morgan fingerprint density at radius 2 is 1.78 bits per heavy atom. The van der Waals surface area contributed by atoms with Crippen molar-refractivity contribution >= 4 is 40.1 Å². The minimum absolute atomic E-state index is 0.00106. The quantitative estimate of drug-likeness (QED) is 0.574. The van der Waals surface area contributed by atoms with Crippen LogP contribution in [0.25, 0.3) is 0 Å².